The fourth-order valence-corrected chi connectivity index (χ4v) is 2.83. The molecule has 2 aromatic carbocycles. The van der Waals surface area contributed by atoms with Gasteiger partial charge >= 0.3 is 5.97 Å². The van der Waals surface area contributed by atoms with Crippen molar-refractivity contribution < 1.29 is 18.4 Å². The summed E-state index contributed by atoms with van der Waals surface area (Å²) in [5.74, 6) is 0.343. The summed E-state index contributed by atoms with van der Waals surface area (Å²) in [7, 11) is 0. The van der Waals surface area contributed by atoms with Crippen molar-refractivity contribution in [3.05, 3.63) is 82.4 Å². The van der Waals surface area contributed by atoms with Crippen molar-refractivity contribution in [2.45, 2.75) is 6.61 Å². The summed E-state index contributed by atoms with van der Waals surface area (Å²) in [6, 6.07) is 17.3. The van der Waals surface area contributed by atoms with Crippen LogP contribution in [0.15, 0.2) is 69.5 Å². The van der Waals surface area contributed by atoms with Gasteiger partial charge in [0.25, 0.3) is 5.89 Å². The van der Waals surface area contributed by atoms with Gasteiger partial charge in [0.2, 0.25) is 11.7 Å². The highest BCUT2D eigenvalue weighted by atomic mass is 35.5. The van der Waals surface area contributed by atoms with E-state index in [9.17, 15) is 4.79 Å². The fourth-order valence-electron chi connectivity index (χ4n) is 2.47. The maximum atomic E-state index is 12.2. The van der Waals surface area contributed by atoms with Crippen LogP contribution in [-0.2, 0) is 11.3 Å². The quantitative estimate of drug-likeness (QED) is 0.392. The molecular formula is C20H12Cl2N2O4. The Morgan fingerprint density at radius 2 is 1.71 bits per heavy atom. The lowest BCUT2D eigenvalue weighted by Gasteiger charge is -2.01. The van der Waals surface area contributed by atoms with Gasteiger partial charge in [-0.05, 0) is 48.5 Å². The van der Waals surface area contributed by atoms with E-state index in [1.54, 1.807) is 42.5 Å². The monoisotopic (exact) mass is 414 g/mol. The SMILES string of the molecule is O=C(OCc1nnc(-c2ccc(Cl)cc2)o1)c1ccc(-c2ccccc2Cl)o1. The van der Waals surface area contributed by atoms with Crippen LogP contribution in [0.3, 0.4) is 0 Å². The summed E-state index contributed by atoms with van der Waals surface area (Å²) >= 11 is 12.0. The van der Waals surface area contributed by atoms with Crippen molar-refractivity contribution in [1.82, 2.24) is 10.2 Å². The Labute approximate surface area is 169 Å². The predicted molar refractivity (Wildman–Crippen MR) is 103 cm³/mol. The van der Waals surface area contributed by atoms with Crippen LogP contribution in [0.1, 0.15) is 16.4 Å². The van der Waals surface area contributed by atoms with Crippen LogP contribution in [0.25, 0.3) is 22.8 Å². The van der Waals surface area contributed by atoms with Crippen LogP contribution < -0.4 is 0 Å². The van der Waals surface area contributed by atoms with Gasteiger partial charge in [-0.3, -0.25) is 0 Å². The van der Waals surface area contributed by atoms with Crippen molar-refractivity contribution >= 4 is 29.2 Å². The molecule has 6 nitrogen and oxygen atoms in total. The second-order valence-electron chi connectivity index (χ2n) is 5.73. The second kappa shape index (κ2) is 7.88. The maximum absolute atomic E-state index is 12.2. The van der Waals surface area contributed by atoms with Crippen molar-refractivity contribution in [1.29, 1.82) is 0 Å². The number of carbonyl (C=O) groups excluding carboxylic acids is 1. The minimum atomic E-state index is -0.649. The van der Waals surface area contributed by atoms with Gasteiger partial charge in [-0.1, -0.05) is 35.3 Å². The summed E-state index contributed by atoms with van der Waals surface area (Å²) in [5, 5.41) is 8.93. The standard InChI is InChI=1S/C20H12Cl2N2O4/c21-13-7-5-12(6-8-13)19-24-23-18(28-19)11-26-20(25)17-10-9-16(27-17)14-3-1-2-4-15(14)22/h1-10H,11H2. The predicted octanol–water partition coefficient (Wildman–Crippen LogP) is 5.66. The number of esters is 1. The lowest BCUT2D eigenvalue weighted by Crippen LogP contribution is -2.04. The summed E-state index contributed by atoms with van der Waals surface area (Å²) in [6.45, 7) is -0.179. The van der Waals surface area contributed by atoms with Crippen LogP contribution in [0.2, 0.25) is 10.0 Å². The molecule has 0 fully saturated rings. The number of hydrogen-bond donors (Lipinski definition) is 0. The van der Waals surface area contributed by atoms with E-state index < -0.39 is 5.97 Å². The topological polar surface area (TPSA) is 78.4 Å². The summed E-state index contributed by atoms with van der Waals surface area (Å²) < 4.78 is 16.2. The van der Waals surface area contributed by atoms with E-state index >= 15 is 0 Å². The first-order chi connectivity index (χ1) is 13.6. The zero-order valence-corrected chi connectivity index (χ0v) is 15.8. The third-order valence-electron chi connectivity index (χ3n) is 3.83. The smallest absolute Gasteiger partial charge is 0.374 e. The first kappa shape index (κ1) is 18.3. The number of halogens is 2. The second-order valence-corrected chi connectivity index (χ2v) is 6.57. The van der Waals surface area contributed by atoms with Gasteiger partial charge < -0.3 is 13.6 Å². The molecule has 0 aliphatic rings. The summed E-state index contributed by atoms with van der Waals surface area (Å²) in [4.78, 5) is 12.2. The third-order valence-corrected chi connectivity index (χ3v) is 4.41. The zero-order chi connectivity index (χ0) is 19.5. The molecule has 0 bridgehead atoms. The lowest BCUT2D eigenvalue weighted by atomic mass is 10.2. The number of carbonyl (C=O) groups is 1. The number of hydrogen-bond acceptors (Lipinski definition) is 6. The summed E-state index contributed by atoms with van der Waals surface area (Å²) in [5.41, 5.74) is 1.40. The van der Waals surface area contributed by atoms with Crippen LogP contribution in [0.5, 0.6) is 0 Å². The minimum absolute atomic E-state index is 0.0485. The Morgan fingerprint density at radius 1 is 0.929 bits per heavy atom. The van der Waals surface area contributed by atoms with E-state index in [1.165, 1.54) is 6.07 Å². The molecule has 0 saturated heterocycles. The van der Waals surface area contributed by atoms with E-state index in [4.69, 9.17) is 36.8 Å². The highest BCUT2D eigenvalue weighted by Crippen LogP contribution is 2.29. The molecule has 0 saturated carbocycles. The average molecular weight is 415 g/mol. The Hall–Kier alpha value is -3.09. The van der Waals surface area contributed by atoms with E-state index in [2.05, 4.69) is 10.2 Å². The van der Waals surface area contributed by atoms with Gasteiger partial charge in [0.05, 0.1) is 5.02 Å². The highest BCUT2D eigenvalue weighted by Gasteiger charge is 2.17. The molecule has 4 rings (SSSR count). The number of benzene rings is 2. The average Bonchev–Trinajstić information content (AvgIpc) is 3.37. The number of rotatable bonds is 5. The molecule has 2 aromatic heterocycles. The Bertz CT molecular complexity index is 1120. The number of ether oxygens (including phenoxy) is 1. The Kier molecular flexibility index (Phi) is 5.14. The molecule has 0 atom stereocenters. The van der Waals surface area contributed by atoms with Crippen molar-refractivity contribution in [3.8, 4) is 22.8 Å². The largest absolute Gasteiger partial charge is 0.450 e. The van der Waals surface area contributed by atoms with Crippen molar-refractivity contribution in [2.75, 3.05) is 0 Å². The Balaban J connectivity index is 1.41. The Morgan fingerprint density at radius 3 is 2.50 bits per heavy atom. The number of aromatic nitrogens is 2. The molecule has 0 amide bonds. The van der Waals surface area contributed by atoms with E-state index in [1.807, 2.05) is 12.1 Å². The van der Waals surface area contributed by atoms with Crippen molar-refractivity contribution in [3.63, 3.8) is 0 Å². The van der Waals surface area contributed by atoms with E-state index in [0.717, 1.165) is 0 Å². The van der Waals surface area contributed by atoms with Gasteiger partial charge in [0, 0.05) is 16.1 Å². The van der Waals surface area contributed by atoms with Gasteiger partial charge in [-0.25, -0.2) is 4.79 Å². The van der Waals surface area contributed by atoms with E-state index in [-0.39, 0.29) is 18.3 Å². The molecule has 8 heteroatoms. The molecule has 28 heavy (non-hydrogen) atoms. The lowest BCUT2D eigenvalue weighted by molar-refractivity contribution is 0.0403. The fraction of sp³-hybridized carbons (Fsp3) is 0.0500. The molecule has 0 spiro atoms. The molecule has 0 radical (unpaired) electrons. The molecular weight excluding hydrogens is 403 g/mol. The van der Waals surface area contributed by atoms with Crippen LogP contribution >= 0.6 is 23.2 Å². The van der Waals surface area contributed by atoms with Gasteiger partial charge in [-0.15, -0.1) is 10.2 Å². The number of nitrogens with zero attached hydrogens (tertiary/aromatic N) is 2. The van der Waals surface area contributed by atoms with Crippen LogP contribution in [-0.4, -0.2) is 16.2 Å². The van der Waals surface area contributed by atoms with Gasteiger partial charge in [-0.2, -0.15) is 0 Å². The van der Waals surface area contributed by atoms with E-state index in [0.29, 0.717) is 32.8 Å². The minimum Gasteiger partial charge on any atom is -0.450 e. The summed E-state index contributed by atoms with van der Waals surface area (Å²) in [6.07, 6.45) is 0. The molecule has 0 aliphatic carbocycles. The maximum Gasteiger partial charge on any atom is 0.374 e. The highest BCUT2D eigenvalue weighted by molar-refractivity contribution is 6.33. The molecule has 0 aliphatic heterocycles. The van der Waals surface area contributed by atoms with Crippen molar-refractivity contribution in [2.24, 2.45) is 0 Å². The third kappa shape index (κ3) is 3.93. The molecule has 0 N–H and O–H groups in total. The zero-order valence-electron chi connectivity index (χ0n) is 14.3. The molecule has 140 valence electrons. The molecule has 4 aromatic rings. The molecule has 0 unspecified atom stereocenters. The van der Waals surface area contributed by atoms with Crippen LogP contribution in [0.4, 0.5) is 0 Å². The van der Waals surface area contributed by atoms with Crippen LogP contribution in [0, 0.1) is 0 Å². The normalized spacial score (nSPS) is 10.8. The first-order valence-electron chi connectivity index (χ1n) is 8.20. The first-order valence-corrected chi connectivity index (χ1v) is 8.96. The molecule has 2 heterocycles. The van der Waals surface area contributed by atoms with Gasteiger partial charge in [0.15, 0.2) is 6.61 Å². The van der Waals surface area contributed by atoms with Gasteiger partial charge in [0.1, 0.15) is 5.76 Å². The number of furan rings is 1.